The molecule has 0 saturated carbocycles. The Morgan fingerprint density at radius 3 is 2.60 bits per heavy atom. The van der Waals surface area contributed by atoms with Gasteiger partial charge in [-0.15, -0.1) is 0 Å². The third-order valence-corrected chi connectivity index (χ3v) is 4.34. The lowest BCUT2D eigenvalue weighted by molar-refractivity contribution is -0.138. The monoisotopic (exact) mass is 364 g/mol. The van der Waals surface area contributed by atoms with E-state index in [4.69, 9.17) is 5.84 Å². The van der Waals surface area contributed by atoms with E-state index < -0.39 is 11.7 Å². The predicted molar refractivity (Wildman–Crippen MR) is 77.2 cm³/mol. The average Bonchev–Trinajstić information content (AvgIpc) is 2.88. The molecule has 1 atom stereocenters. The highest BCUT2D eigenvalue weighted by Crippen LogP contribution is 2.36. The maximum absolute atomic E-state index is 12.9. The van der Waals surface area contributed by atoms with E-state index in [1.165, 1.54) is 6.07 Å². The van der Waals surface area contributed by atoms with Gasteiger partial charge in [-0.2, -0.15) is 24.5 Å². The fourth-order valence-corrected chi connectivity index (χ4v) is 3.05. The van der Waals surface area contributed by atoms with Crippen molar-refractivity contribution in [3.63, 3.8) is 0 Å². The van der Waals surface area contributed by atoms with Crippen LogP contribution in [0.3, 0.4) is 0 Å². The summed E-state index contributed by atoms with van der Waals surface area (Å²) in [5.74, 6) is 5.48. The van der Waals surface area contributed by atoms with Crippen LogP contribution in [0, 0.1) is 0 Å². The predicted octanol–water partition coefficient (Wildman–Crippen LogP) is 4.28. The molecule has 0 radical (unpaired) electrons. The van der Waals surface area contributed by atoms with E-state index in [1.54, 1.807) is 17.4 Å². The van der Waals surface area contributed by atoms with Gasteiger partial charge in [0.15, 0.2) is 0 Å². The molecule has 0 aliphatic rings. The van der Waals surface area contributed by atoms with Gasteiger partial charge in [0.2, 0.25) is 0 Å². The molecule has 1 heterocycles. The fraction of sp³-hybridized carbons (Fsp3) is 0.231. The molecule has 3 N–H and O–H groups in total. The molecular weight excluding hydrogens is 353 g/mol. The number of hydrogen-bond donors (Lipinski definition) is 2. The maximum Gasteiger partial charge on any atom is 0.417 e. The first-order valence-electron chi connectivity index (χ1n) is 5.75. The van der Waals surface area contributed by atoms with Gasteiger partial charge in [0.25, 0.3) is 0 Å². The second-order valence-electron chi connectivity index (χ2n) is 4.29. The van der Waals surface area contributed by atoms with Crippen molar-refractivity contribution in [2.45, 2.75) is 18.6 Å². The van der Waals surface area contributed by atoms with Gasteiger partial charge in [-0.3, -0.25) is 11.3 Å². The SMILES string of the molecule is NNC(Cc1ccsc1)c1ccc(Br)c(C(F)(F)F)c1. The summed E-state index contributed by atoms with van der Waals surface area (Å²) in [6, 6.07) is 5.73. The highest BCUT2D eigenvalue weighted by molar-refractivity contribution is 9.10. The number of alkyl halides is 3. The van der Waals surface area contributed by atoms with Crippen molar-refractivity contribution in [2.75, 3.05) is 0 Å². The first-order valence-corrected chi connectivity index (χ1v) is 7.49. The van der Waals surface area contributed by atoms with Crippen molar-refractivity contribution >= 4 is 27.3 Å². The Labute approximate surface area is 126 Å². The van der Waals surface area contributed by atoms with Crippen LogP contribution in [-0.2, 0) is 12.6 Å². The third kappa shape index (κ3) is 3.60. The summed E-state index contributed by atoms with van der Waals surface area (Å²) in [4.78, 5) is 0. The largest absolute Gasteiger partial charge is 0.417 e. The minimum absolute atomic E-state index is 0.0278. The van der Waals surface area contributed by atoms with E-state index in [1.807, 2.05) is 16.8 Å². The number of nitrogens with one attached hydrogen (secondary N) is 1. The number of benzene rings is 1. The van der Waals surface area contributed by atoms with Crippen molar-refractivity contribution in [2.24, 2.45) is 5.84 Å². The van der Waals surface area contributed by atoms with E-state index in [9.17, 15) is 13.2 Å². The van der Waals surface area contributed by atoms with Gasteiger partial charge in [0.1, 0.15) is 0 Å². The lowest BCUT2D eigenvalue weighted by atomic mass is 9.99. The van der Waals surface area contributed by atoms with Crippen LogP contribution in [0.2, 0.25) is 0 Å². The van der Waals surface area contributed by atoms with Crippen LogP contribution >= 0.6 is 27.3 Å². The molecule has 0 amide bonds. The Kier molecular flexibility index (Phi) is 4.85. The van der Waals surface area contributed by atoms with Crippen LogP contribution in [0.1, 0.15) is 22.7 Å². The van der Waals surface area contributed by atoms with Gasteiger partial charge < -0.3 is 0 Å². The van der Waals surface area contributed by atoms with Crippen molar-refractivity contribution in [3.8, 4) is 0 Å². The molecule has 2 nitrogen and oxygen atoms in total. The average molecular weight is 365 g/mol. The Morgan fingerprint density at radius 1 is 1.30 bits per heavy atom. The van der Waals surface area contributed by atoms with Crippen LogP contribution in [0.15, 0.2) is 39.5 Å². The molecule has 1 aromatic carbocycles. The third-order valence-electron chi connectivity index (χ3n) is 2.92. The number of nitrogens with two attached hydrogens (primary N) is 1. The smallest absolute Gasteiger partial charge is 0.271 e. The minimum Gasteiger partial charge on any atom is -0.271 e. The highest BCUT2D eigenvalue weighted by atomic mass is 79.9. The van der Waals surface area contributed by atoms with Crippen LogP contribution in [0.25, 0.3) is 0 Å². The summed E-state index contributed by atoms with van der Waals surface area (Å²) in [6.45, 7) is 0. The number of thiophene rings is 1. The zero-order chi connectivity index (χ0) is 14.8. The first kappa shape index (κ1) is 15.5. The molecule has 0 saturated heterocycles. The normalized spacial score (nSPS) is 13.4. The van der Waals surface area contributed by atoms with Gasteiger partial charge in [-0.25, -0.2) is 0 Å². The molecule has 1 unspecified atom stereocenters. The summed E-state index contributed by atoms with van der Waals surface area (Å²) >= 11 is 4.47. The molecule has 0 fully saturated rings. The van der Waals surface area contributed by atoms with E-state index in [-0.39, 0.29) is 10.5 Å². The number of hydrogen-bond acceptors (Lipinski definition) is 3. The van der Waals surface area contributed by atoms with Gasteiger partial charge in [0, 0.05) is 4.47 Å². The van der Waals surface area contributed by atoms with Crippen LogP contribution < -0.4 is 11.3 Å². The van der Waals surface area contributed by atoms with E-state index in [0.29, 0.717) is 12.0 Å². The van der Waals surface area contributed by atoms with Gasteiger partial charge in [0.05, 0.1) is 11.6 Å². The number of rotatable bonds is 4. The molecular formula is C13H12BrF3N2S. The Bertz CT molecular complexity index is 569. The van der Waals surface area contributed by atoms with Gasteiger partial charge in [-0.05, 0) is 46.5 Å². The molecule has 2 rings (SSSR count). The minimum atomic E-state index is -4.39. The molecule has 108 valence electrons. The second kappa shape index (κ2) is 6.26. The van der Waals surface area contributed by atoms with Crippen LogP contribution in [0.5, 0.6) is 0 Å². The van der Waals surface area contributed by atoms with Gasteiger partial charge >= 0.3 is 6.18 Å². The van der Waals surface area contributed by atoms with E-state index >= 15 is 0 Å². The highest BCUT2D eigenvalue weighted by Gasteiger charge is 2.33. The second-order valence-corrected chi connectivity index (χ2v) is 5.93. The van der Waals surface area contributed by atoms with Crippen LogP contribution in [0.4, 0.5) is 13.2 Å². The molecule has 20 heavy (non-hydrogen) atoms. The Balaban J connectivity index is 2.30. The standard InChI is InChI=1S/C13H12BrF3N2S/c14-11-2-1-9(6-10(11)13(15,16)17)12(19-18)5-8-3-4-20-7-8/h1-4,6-7,12,19H,5,18H2. The van der Waals surface area contributed by atoms with Gasteiger partial charge in [-0.1, -0.05) is 22.0 Å². The molecule has 0 bridgehead atoms. The summed E-state index contributed by atoms with van der Waals surface area (Å²) in [5, 5.41) is 3.87. The first-order chi connectivity index (χ1) is 9.41. The molecule has 0 aliphatic heterocycles. The summed E-state index contributed by atoms with van der Waals surface area (Å²) in [5.41, 5.74) is 3.43. The zero-order valence-corrected chi connectivity index (χ0v) is 12.6. The van der Waals surface area contributed by atoms with Crippen molar-refractivity contribution in [1.82, 2.24) is 5.43 Å². The molecule has 0 aliphatic carbocycles. The molecule has 2 aromatic rings. The molecule has 7 heteroatoms. The van der Waals surface area contributed by atoms with Crippen molar-refractivity contribution in [3.05, 3.63) is 56.2 Å². The van der Waals surface area contributed by atoms with Crippen molar-refractivity contribution in [1.29, 1.82) is 0 Å². The quantitative estimate of drug-likeness (QED) is 0.627. The Hall–Kier alpha value is -0.890. The zero-order valence-electron chi connectivity index (χ0n) is 10.2. The molecule has 1 aromatic heterocycles. The lowest BCUT2D eigenvalue weighted by Crippen LogP contribution is -2.29. The number of hydrazine groups is 1. The Morgan fingerprint density at radius 2 is 2.05 bits per heavy atom. The lowest BCUT2D eigenvalue weighted by Gasteiger charge is -2.18. The van der Waals surface area contributed by atoms with E-state index in [2.05, 4.69) is 21.4 Å². The summed E-state index contributed by atoms with van der Waals surface area (Å²) < 4.78 is 38.7. The molecule has 0 spiro atoms. The maximum atomic E-state index is 12.9. The summed E-state index contributed by atoms with van der Waals surface area (Å²) in [6.07, 6.45) is -3.85. The van der Waals surface area contributed by atoms with Crippen LogP contribution in [-0.4, -0.2) is 0 Å². The fourth-order valence-electron chi connectivity index (χ4n) is 1.89. The van der Waals surface area contributed by atoms with E-state index in [0.717, 1.165) is 11.6 Å². The topological polar surface area (TPSA) is 38.0 Å². The summed E-state index contributed by atoms with van der Waals surface area (Å²) in [7, 11) is 0. The van der Waals surface area contributed by atoms with Crippen molar-refractivity contribution < 1.29 is 13.2 Å². The number of halogens is 4.